The third kappa shape index (κ3) is 4.14. The van der Waals surface area contributed by atoms with E-state index in [4.69, 9.17) is 4.42 Å². The first-order valence-corrected chi connectivity index (χ1v) is 9.87. The predicted octanol–water partition coefficient (Wildman–Crippen LogP) is 4.00. The van der Waals surface area contributed by atoms with Gasteiger partial charge in [0, 0.05) is 16.6 Å². The summed E-state index contributed by atoms with van der Waals surface area (Å²) in [6.45, 7) is 2.55. The lowest BCUT2D eigenvalue weighted by molar-refractivity contribution is 0.0928. The number of carbonyl (C=O) groups excluding carboxylic acids is 1. The van der Waals surface area contributed by atoms with Crippen molar-refractivity contribution in [3.63, 3.8) is 0 Å². The van der Waals surface area contributed by atoms with E-state index < -0.39 is 0 Å². The number of furan rings is 1. The Hall–Kier alpha value is -2.38. The zero-order valence-electron chi connectivity index (χ0n) is 14.8. The number of aromatic amines is 1. The maximum atomic E-state index is 12.6. The Morgan fingerprint density at radius 2 is 2.04 bits per heavy atom. The number of halogens is 1. The largest absolute Gasteiger partial charge is 0.468 e. The number of H-pyrrole nitrogens is 1. The van der Waals surface area contributed by atoms with Gasteiger partial charge in [-0.05, 0) is 56.3 Å². The van der Waals surface area contributed by atoms with Crippen molar-refractivity contribution in [2.24, 2.45) is 0 Å². The quantitative estimate of drug-likeness (QED) is 0.621. The van der Waals surface area contributed by atoms with Crippen LogP contribution in [0.3, 0.4) is 0 Å². The van der Waals surface area contributed by atoms with E-state index in [-0.39, 0.29) is 11.9 Å². The molecule has 1 saturated heterocycles. The van der Waals surface area contributed by atoms with Crippen LogP contribution in [-0.2, 0) is 0 Å². The summed E-state index contributed by atoms with van der Waals surface area (Å²) in [5, 5.41) is 10.1. The molecule has 6 nitrogen and oxygen atoms in total. The Labute approximate surface area is 166 Å². The molecule has 4 rings (SSSR count). The molecule has 0 spiro atoms. The molecule has 2 N–H and O–H groups in total. The van der Waals surface area contributed by atoms with Gasteiger partial charge in [0.15, 0.2) is 0 Å². The van der Waals surface area contributed by atoms with Crippen LogP contribution in [0.25, 0.3) is 11.3 Å². The highest BCUT2D eigenvalue weighted by atomic mass is 79.9. The summed E-state index contributed by atoms with van der Waals surface area (Å²) in [5.41, 5.74) is 2.15. The third-order valence-corrected chi connectivity index (χ3v) is 5.40. The number of rotatable bonds is 6. The number of carbonyl (C=O) groups is 1. The lowest BCUT2D eigenvalue weighted by Gasteiger charge is -2.25. The summed E-state index contributed by atoms with van der Waals surface area (Å²) < 4.78 is 6.61. The number of likely N-dealkylation sites (tertiary alicyclic amines) is 1. The molecule has 0 radical (unpaired) electrons. The first-order valence-electron chi connectivity index (χ1n) is 9.08. The van der Waals surface area contributed by atoms with Crippen LogP contribution < -0.4 is 5.32 Å². The molecule has 3 aromatic rings. The summed E-state index contributed by atoms with van der Waals surface area (Å²) in [6.07, 6.45) is 4.05. The number of aromatic nitrogens is 2. The summed E-state index contributed by atoms with van der Waals surface area (Å²) in [4.78, 5) is 15.0. The number of hydrogen-bond acceptors (Lipinski definition) is 4. The van der Waals surface area contributed by atoms with Crippen LogP contribution in [0, 0.1) is 0 Å². The molecule has 1 aliphatic heterocycles. The second-order valence-corrected chi connectivity index (χ2v) is 7.57. The van der Waals surface area contributed by atoms with Crippen LogP contribution >= 0.6 is 15.9 Å². The van der Waals surface area contributed by atoms with E-state index in [0.717, 1.165) is 34.6 Å². The Morgan fingerprint density at radius 3 is 2.74 bits per heavy atom. The topological polar surface area (TPSA) is 74.2 Å². The van der Waals surface area contributed by atoms with Crippen LogP contribution in [0.2, 0.25) is 0 Å². The van der Waals surface area contributed by atoms with Crippen LogP contribution in [0.1, 0.15) is 35.1 Å². The molecule has 1 unspecified atom stereocenters. The van der Waals surface area contributed by atoms with Crippen molar-refractivity contribution in [3.8, 4) is 11.3 Å². The molecular formula is C20H21BrN4O2. The highest BCUT2D eigenvalue weighted by molar-refractivity contribution is 9.10. The average molecular weight is 429 g/mol. The summed E-state index contributed by atoms with van der Waals surface area (Å²) in [5.74, 6) is 0.721. The van der Waals surface area contributed by atoms with Gasteiger partial charge in [0.1, 0.15) is 11.5 Å². The number of amides is 1. The molecule has 3 heterocycles. The van der Waals surface area contributed by atoms with Gasteiger partial charge >= 0.3 is 0 Å². The van der Waals surface area contributed by atoms with Crippen LogP contribution in [0.5, 0.6) is 0 Å². The highest BCUT2D eigenvalue weighted by Crippen LogP contribution is 2.25. The van der Waals surface area contributed by atoms with E-state index in [1.54, 1.807) is 12.3 Å². The van der Waals surface area contributed by atoms with Gasteiger partial charge in [-0.2, -0.15) is 5.10 Å². The molecule has 1 atom stereocenters. The second-order valence-electron chi connectivity index (χ2n) is 6.66. The molecule has 7 heteroatoms. The number of hydrogen-bond donors (Lipinski definition) is 2. The molecule has 140 valence electrons. The number of benzene rings is 1. The van der Waals surface area contributed by atoms with Crippen molar-refractivity contribution in [1.82, 2.24) is 20.4 Å². The minimum Gasteiger partial charge on any atom is -0.468 e. The first-order chi connectivity index (χ1) is 13.2. The van der Waals surface area contributed by atoms with E-state index in [0.29, 0.717) is 12.2 Å². The van der Waals surface area contributed by atoms with Gasteiger partial charge in [-0.25, -0.2) is 0 Å². The first kappa shape index (κ1) is 18.0. The van der Waals surface area contributed by atoms with Crippen molar-refractivity contribution in [2.45, 2.75) is 18.9 Å². The van der Waals surface area contributed by atoms with E-state index >= 15 is 0 Å². The minimum atomic E-state index is -0.165. The molecule has 1 fully saturated rings. The molecule has 27 heavy (non-hydrogen) atoms. The molecule has 1 amide bonds. The molecule has 0 saturated carbocycles. The average Bonchev–Trinajstić information content (AvgIpc) is 3.44. The van der Waals surface area contributed by atoms with Gasteiger partial charge in [0.05, 0.1) is 18.0 Å². The molecule has 0 bridgehead atoms. The minimum absolute atomic E-state index is 0.0558. The maximum absolute atomic E-state index is 12.6. The van der Waals surface area contributed by atoms with Gasteiger partial charge in [0.25, 0.3) is 5.91 Å². The highest BCUT2D eigenvalue weighted by Gasteiger charge is 2.26. The third-order valence-electron chi connectivity index (χ3n) is 4.87. The van der Waals surface area contributed by atoms with Gasteiger partial charge in [-0.15, -0.1) is 0 Å². The predicted molar refractivity (Wildman–Crippen MR) is 106 cm³/mol. The van der Waals surface area contributed by atoms with E-state index in [1.165, 1.54) is 12.8 Å². The monoisotopic (exact) mass is 428 g/mol. The SMILES string of the molecule is O=C(NCC(c1ccco1)N1CCCC1)c1cc(-c2ccc(Br)cc2)n[nH]1. The van der Waals surface area contributed by atoms with E-state index in [1.807, 2.05) is 36.4 Å². The fourth-order valence-corrected chi connectivity index (χ4v) is 3.70. The Kier molecular flexibility index (Phi) is 5.40. The zero-order valence-corrected chi connectivity index (χ0v) is 16.4. The lowest BCUT2D eigenvalue weighted by atomic mass is 10.1. The van der Waals surface area contributed by atoms with Crippen molar-refractivity contribution in [1.29, 1.82) is 0 Å². The Bertz CT molecular complexity index is 883. The molecular weight excluding hydrogens is 408 g/mol. The van der Waals surface area contributed by atoms with Gasteiger partial charge < -0.3 is 9.73 Å². The summed E-state index contributed by atoms with van der Waals surface area (Å²) in [7, 11) is 0. The molecule has 0 aliphatic carbocycles. The number of nitrogens with zero attached hydrogens (tertiary/aromatic N) is 2. The smallest absolute Gasteiger partial charge is 0.269 e. The van der Waals surface area contributed by atoms with Crippen LogP contribution in [0.4, 0.5) is 0 Å². The van der Waals surface area contributed by atoms with Crippen molar-refractivity contribution >= 4 is 21.8 Å². The molecule has 1 aliphatic rings. The van der Waals surface area contributed by atoms with Crippen LogP contribution in [-0.4, -0.2) is 40.6 Å². The second kappa shape index (κ2) is 8.10. The van der Waals surface area contributed by atoms with E-state index in [2.05, 4.69) is 36.3 Å². The lowest BCUT2D eigenvalue weighted by Crippen LogP contribution is -2.36. The maximum Gasteiger partial charge on any atom is 0.269 e. The fraction of sp³-hybridized carbons (Fsp3) is 0.300. The van der Waals surface area contributed by atoms with Crippen LogP contribution in [0.15, 0.2) is 57.6 Å². The fourth-order valence-electron chi connectivity index (χ4n) is 3.43. The molecule has 1 aromatic carbocycles. The zero-order chi connectivity index (χ0) is 18.6. The van der Waals surface area contributed by atoms with Gasteiger partial charge in [0.2, 0.25) is 0 Å². The van der Waals surface area contributed by atoms with Crippen molar-refractivity contribution in [2.75, 3.05) is 19.6 Å². The van der Waals surface area contributed by atoms with Gasteiger partial charge in [-0.3, -0.25) is 14.8 Å². The summed E-state index contributed by atoms with van der Waals surface area (Å²) in [6, 6.07) is 13.5. The normalized spacial score (nSPS) is 15.7. The van der Waals surface area contributed by atoms with Gasteiger partial charge in [-0.1, -0.05) is 28.1 Å². The standard InChI is InChI=1S/C20H21BrN4O2/c21-15-7-5-14(6-8-15)16-12-17(24-23-16)20(26)22-13-18(19-4-3-11-27-19)25-9-1-2-10-25/h3-8,11-12,18H,1-2,9-10,13H2,(H,22,26)(H,23,24). The molecule has 2 aromatic heterocycles. The van der Waals surface area contributed by atoms with Crippen molar-refractivity contribution < 1.29 is 9.21 Å². The van der Waals surface area contributed by atoms with E-state index in [9.17, 15) is 4.79 Å². The Morgan fingerprint density at radius 1 is 1.26 bits per heavy atom. The Balaban J connectivity index is 1.43. The number of nitrogens with one attached hydrogen (secondary N) is 2. The van der Waals surface area contributed by atoms with Crippen molar-refractivity contribution in [3.05, 3.63) is 64.7 Å². The summed E-state index contributed by atoms with van der Waals surface area (Å²) >= 11 is 3.42.